The van der Waals surface area contributed by atoms with Crippen LogP contribution >= 0.6 is 0 Å². The van der Waals surface area contributed by atoms with Crippen molar-refractivity contribution in [2.24, 2.45) is 0 Å². The third-order valence-corrected chi connectivity index (χ3v) is 1.84. The van der Waals surface area contributed by atoms with Crippen LogP contribution in [-0.4, -0.2) is 46.0 Å². The predicted octanol–water partition coefficient (Wildman–Crippen LogP) is 0.733. The van der Waals surface area contributed by atoms with E-state index in [9.17, 15) is 13.2 Å². The van der Waals surface area contributed by atoms with Crippen LogP contribution in [0.1, 0.15) is 11.7 Å². The van der Waals surface area contributed by atoms with Crippen LogP contribution in [0, 0.1) is 6.92 Å². The number of aliphatic hydroxyl groups is 1. The highest BCUT2D eigenvalue weighted by Crippen LogP contribution is 2.20. The van der Waals surface area contributed by atoms with Crippen LogP contribution in [0.4, 0.5) is 13.2 Å². The first kappa shape index (κ1) is 12.9. The fourth-order valence-corrected chi connectivity index (χ4v) is 1.10. The lowest BCUT2D eigenvalue weighted by atomic mass is 10.3. The zero-order valence-electron chi connectivity index (χ0n) is 8.82. The first-order valence-corrected chi connectivity index (χ1v) is 4.51. The molecule has 0 saturated heterocycles. The van der Waals surface area contributed by atoms with Gasteiger partial charge in [-0.3, -0.25) is 4.90 Å². The Morgan fingerprint density at radius 3 is 2.56 bits per heavy atom. The van der Waals surface area contributed by atoms with Gasteiger partial charge in [0.1, 0.15) is 0 Å². The molecule has 0 bridgehead atoms. The Balaban J connectivity index is 2.45. The van der Waals surface area contributed by atoms with Gasteiger partial charge in [0.2, 0.25) is 5.89 Å². The lowest BCUT2D eigenvalue weighted by Crippen LogP contribution is -2.39. The van der Waals surface area contributed by atoms with Crippen molar-refractivity contribution in [2.75, 3.05) is 13.6 Å². The van der Waals surface area contributed by atoms with Crippen molar-refractivity contribution in [3.63, 3.8) is 0 Å². The summed E-state index contributed by atoms with van der Waals surface area (Å²) in [5, 5.41) is 12.3. The van der Waals surface area contributed by atoms with Gasteiger partial charge in [0.05, 0.1) is 6.54 Å². The molecule has 0 saturated carbocycles. The highest BCUT2D eigenvalue weighted by molar-refractivity contribution is 4.83. The molecule has 0 spiro atoms. The molecule has 5 nitrogen and oxygen atoms in total. The molecule has 1 aromatic rings. The minimum atomic E-state index is -4.61. The third-order valence-electron chi connectivity index (χ3n) is 1.84. The van der Waals surface area contributed by atoms with E-state index in [-0.39, 0.29) is 12.4 Å². The minimum absolute atomic E-state index is 0.0635. The predicted molar refractivity (Wildman–Crippen MR) is 47.4 cm³/mol. The molecular formula is C8H12F3N3O2. The van der Waals surface area contributed by atoms with Gasteiger partial charge >= 0.3 is 6.18 Å². The van der Waals surface area contributed by atoms with E-state index in [1.165, 1.54) is 11.9 Å². The van der Waals surface area contributed by atoms with Gasteiger partial charge < -0.3 is 9.63 Å². The Kier molecular flexibility index (Phi) is 3.87. The van der Waals surface area contributed by atoms with E-state index in [0.717, 1.165) is 0 Å². The van der Waals surface area contributed by atoms with Crippen molar-refractivity contribution < 1.29 is 22.8 Å². The smallest absolute Gasteiger partial charge is 0.382 e. The Morgan fingerprint density at radius 1 is 1.50 bits per heavy atom. The minimum Gasteiger partial charge on any atom is -0.382 e. The van der Waals surface area contributed by atoms with Gasteiger partial charge in [-0.1, -0.05) is 5.16 Å². The summed E-state index contributed by atoms with van der Waals surface area (Å²) in [7, 11) is 1.43. The SMILES string of the molecule is Cc1noc(CN(C)CC(O)C(F)(F)F)n1. The monoisotopic (exact) mass is 239 g/mol. The van der Waals surface area contributed by atoms with Crippen LogP contribution in [0.3, 0.4) is 0 Å². The van der Waals surface area contributed by atoms with Crippen LogP contribution in [0.15, 0.2) is 4.52 Å². The first-order chi connectivity index (χ1) is 7.29. The molecule has 0 fully saturated rings. The molecule has 16 heavy (non-hydrogen) atoms. The van der Waals surface area contributed by atoms with Crippen molar-refractivity contribution in [1.82, 2.24) is 15.0 Å². The van der Waals surface area contributed by atoms with Gasteiger partial charge in [0.15, 0.2) is 11.9 Å². The molecule has 0 aliphatic rings. The number of aromatic nitrogens is 2. The normalized spacial score (nSPS) is 14.4. The summed E-state index contributed by atoms with van der Waals surface area (Å²) < 4.78 is 40.8. The largest absolute Gasteiger partial charge is 0.415 e. The molecule has 0 aromatic carbocycles. The Morgan fingerprint density at radius 2 is 2.12 bits per heavy atom. The van der Waals surface area contributed by atoms with Crippen molar-refractivity contribution in [2.45, 2.75) is 25.7 Å². The fraction of sp³-hybridized carbons (Fsp3) is 0.750. The molecule has 0 radical (unpaired) electrons. The van der Waals surface area contributed by atoms with Gasteiger partial charge in [0, 0.05) is 6.54 Å². The van der Waals surface area contributed by atoms with Gasteiger partial charge in [-0.25, -0.2) is 0 Å². The number of aliphatic hydroxyl groups excluding tert-OH is 1. The molecule has 0 amide bonds. The number of nitrogens with zero attached hydrogens (tertiary/aromatic N) is 3. The molecule has 1 N–H and O–H groups in total. The average Bonchev–Trinajstić information content (AvgIpc) is 2.49. The van der Waals surface area contributed by atoms with E-state index in [0.29, 0.717) is 5.82 Å². The summed E-state index contributed by atoms with van der Waals surface area (Å²) in [6, 6.07) is 0. The Hall–Kier alpha value is -1.15. The maximum absolute atomic E-state index is 12.0. The van der Waals surface area contributed by atoms with Gasteiger partial charge in [-0.2, -0.15) is 18.2 Å². The van der Waals surface area contributed by atoms with Crippen LogP contribution in [0.2, 0.25) is 0 Å². The van der Waals surface area contributed by atoms with Crippen LogP contribution in [0.5, 0.6) is 0 Å². The molecule has 92 valence electrons. The highest BCUT2D eigenvalue weighted by Gasteiger charge is 2.38. The van der Waals surface area contributed by atoms with E-state index in [1.807, 2.05) is 0 Å². The lowest BCUT2D eigenvalue weighted by Gasteiger charge is -2.20. The van der Waals surface area contributed by atoms with E-state index in [1.54, 1.807) is 6.92 Å². The van der Waals surface area contributed by atoms with Crippen LogP contribution in [-0.2, 0) is 6.54 Å². The number of rotatable bonds is 4. The Labute approximate surface area is 89.9 Å². The van der Waals surface area contributed by atoms with Crippen molar-refractivity contribution >= 4 is 0 Å². The maximum atomic E-state index is 12.0. The molecule has 1 heterocycles. The second-order valence-electron chi connectivity index (χ2n) is 3.49. The summed E-state index contributed by atoms with van der Waals surface area (Å²) in [5.41, 5.74) is 0. The van der Waals surface area contributed by atoms with Gasteiger partial charge in [-0.15, -0.1) is 0 Å². The summed E-state index contributed by atoms with van der Waals surface area (Å²) in [6.07, 6.45) is -6.99. The lowest BCUT2D eigenvalue weighted by molar-refractivity contribution is -0.207. The van der Waals surface area contributed by atoms with Crippen molar-refractivity contribution in [3.8, 4) is 0 Å². The van der Waals surface area contributed by atoms with E-state index in [2.05, 4.69) is 10.1 Å². The third kappa shape index (κ3) is 3.78. The molecule has 0 aliphatic heterocycles. The highest BCUT2D eigenvalue weighted by atomic mass is 19.4. The number of hydrogen-bond donors (Lipinski definition) is 1. The summed E-state index contributed by atoms with van der Waals surface area (Å²) in [4.78, 5) is 5.09. The average molecular weight is 239 g/mol. The standard InChI is InChI=1S/C8H12F3N3O2/c1-5-12-7(16-13-5)4-14(2)3-6(15)8(9,10)11/h6,15H,3-4H2,1-2H3. The van der Waals surface area contributed by atoms with Crippen LogP contribution in [0.25, 0.3) is 0 Å². The zero-order chi connectivity index (χ0) is 12.3. The fourth-order valence-electron chi connectivity index (χ4n) is 1.10. The maximum Gasteiger partial charge on any atom is 0.415 e. The molecular weight excluding hydrogens is 227 g/mol. The molecule has 8 heteroatoms. The van der Waals surface area contributed by atoms with E-state index >= 15 is 0 Å². The topological polar surface area (TPSA) is 62.4 Å². The van der Waals surface area contributed by atoms with Crippen molar-refractivity contribution in [1.29, 1.82) is 0 Å². The second-order valence-corrected chi connectivity index (χ2v) is 3.49. The number of alkyl halides is 3. The quantitative estimate of drug-likeness (QED) is 0.839. The van der Waals surface area contributed by atoms with E-state index < -0.39 is 18.8 Å². The molecule has 1 rings (SSSR count). The summed E-state index contributed by atoms with van der Waals surface area (Å²) >= 11 is 0. The molecule has 1 aromatic heterocycles. The number of aryl methyl sites for hydroxylation is 1. The second kappa shape index (κ2) is 4.79. The first-order valence-electron chi connectivity index (χ1n) is 4.51. The molecule has 1 unspecified atom stereocenters. The summed E-state index contributed by atoms with van der Waals surface area (Å²) in [6.45, 7) is 1.14. The van der Waals surface area contributed by atoms with Crippen molar-refractivity contribution in [3.05, 3.63) is 11.7 Å². The number of likely N-dealkylation sites (N-methyl/N-ethyl adjacent to an activating group) is 1. The van der Waals surface area contributed by atoms with Crippen LogP contribution < -0.4 is 0 Å². The Bertz CT molecular complexity index is 340. The van der Waals surface area contributed by atoms with E-state index in [4.69, 9.17) is 9.63 Å². The molecule has 0 aliphatic carbocycles. The number of hydrogen-bond acceptors (Lipinski definition) is 5. The number of halogens is 3. The van der Waals surface area contributed by atoms with Gasteiger partial charge in [-0.05, 0) is 14.0 Å². The van der Waals surface area contributed by atoms with Gasteiger partial charge in [0.25, 0.3) is 0 Å². The summed E-state index contributed by atoms with van der Waals surface area (Å²) in [5.74, 6) is 0.633. The molecule has 1 atom stereocenters. The zero-order valence-corrected chi connectivity index (χ0v) is 8.82.